The molecule has 5 nitrogen and oxygen atoms in total. The molecule has 2 unspecified atom stereocenters. The Balaban J connectivity index is 1.37. The minimum Gasteiger partial charge on any atom is -0.298 e. The molecule has 1 saturated heterocycles. The summed E-state index contributed by atoms with van der Waals surface area (Å²) in [6.45, 7) is 5.93. The fourth-order valence-electron chi connectivity index (χ4n) is 4.89. The van der Waals surface area contributed by atoms with Crippen LogP contribution in [0.2, 0.25) is 0 Å². The second-order valence-electron chi connectivity index (χ2n) is 8.50. The van der Waals surface area contributed by atoms with Crippen LogP contribution in [0.3, 0.4) is 0 Å². The van der Waals surface area contributed by atoms with E-state index in [1.165, 1.54) is 23.1 Å². The maximum Gasteiger partial charge on any atom is 0.0969 e. The van der Waals surface area contributed by atoms with Gasteiger partial charge in [-0.1, -0.05) is 29.8 Å². The number of hydrogen-bond acceptors (Lipinski definition) is 4. The average Bonchev–Trinajstić information content (AvgIpc) is 3.10. The van der Waals surface area contributed by atoms with E-state index in [0.717, 1.165) is 36.8 Å². The third kappa shape index (κ3) is 3.34. The Hall–Kier alpha value is -2.97. The predicted molar refractivity (Wildman–Crippen MR) is 112 cm³/mol. The van der Waals surface area contributed by atoms with Gasteiger partial charge < -0.3 is 0 Å². The molecule has 0 bridgehead atoms. The van der Waals surface area contributed by atoms with Crippen LogP contribution in [0.15, 0.2) is 55.0 Å². The van der Waals surface area contributed by atoms with E-state index in [4.69, 9.17) is 10.4 Å². The Kier molecular flexibility index (Phi) is 4.44. The van der Waals surface area contributed by atoms with Gasteiger partial charge in [0, 0.05) is 54.8 Å². The molecular weight excluding hydrogens is 358 g/mol. The second kappa shape index (κ2) is 7.13. The van der Waals surface area contributed by atoms with Gasteiger partial charge in [-0.15, -0.1) is 0 Å². The van der Waals surface area contributed by atoms with Crippen LogP contribution in [0.25, 0.3) is 11.3 Å². The van der Waals surface area contributed by atoms with Crippen LogP contribution in [0.5, 0.6) is 0 Å². The molecule has 0 N–H and O–H groups in total. The van der Waals surface area contributed by atoms with Gasteiger partial charge in [0.2, 0.25) is 0 Å². The van der Waals surface area contributed by atoms with E-state index in [2.05, 4.69) is 53.3 Å². The summed E-state index contributed by atoms with van der Waals surface area (Å²) in [5, 5.41) is 13.7. The lowest BCUT2D eigenvalue weighted by Gasteiger charge is -2.21. The van der Waals surface area contributed by atoms with Gasteiger partial charge in [-0.05, 0) is 37.0 Å². The van der Waals surface area contributed by atoms with Crippen LogP contribution in [0.1, 0.15) is 29.5 Å². The van der Waals surface area contributed by atoms with Crippen molar-refractivity contribution in [1.29, 1.82) is 5.26 Å². The van der Waals surface area contributed by atoms with Crippen LogP contribution in [0.4, 0.5) is 0 Å². The Labute approximate surface area is 171 Å². The normalized spacial score (nSPS) is 23.0. The molecule has 5 heteroatoms. The van der Waals surface area contributed by atoms with Crippen molar-refractivity contribution in [2.45, 2.75) is 38.3 Å². The summed E-state index contributed by atoms with van der Waals surface area (Å²) in [6, 6.07) is 15.4. The highest BCUT2D eigenvalue weighted by molar-refractivity contribution is 5.62. The smallest absolute Gasteiger partial charge is 0.0969 e. The zero-order chi connectivity index (χ0) is 19.8. The number of nitrogens with zero attached hydrogens (tertiary/aromatic N) is 5. The molecule has 0 spiro atoms. The van der Waals surface area contributed by atoms with Crippen LogP contribution in [-0.4, -0.2) is 32.8 Å². The topological polar surface area (TPSA) is 57.7 Å². The molecule has 2 atom stereocenters. The number of pyridine rings is 1. The quantitative estimate of drug-likeness (QED) is 0.647. The van der Waals surface area contributed by atoms with Gasteiger partial charge in [-0.25, -0.2) is 0 Å². The summed E-state index contributed by atoms with van der Waals surface area (Å²) < 4.78 is 1.92. The van der Waals surface area contributed by atoms with Crippen LogP contribution in [0, 0.1) is 24.2 Å². The Morgan fingerprint density at radius 2 is 1.97 bits per heavy atom. The summed E-state index contributed by atoms with van der Waals surface area (Å²) in [4.78, 5) is 6.71. The van der Waals surface area contributed by atoms with E-state index in [-0.39, 0.29) is 0 Å². The maximum absolute atomic E-state index is 8.93. The van der Waals surface area contributed by atoms with E-state index in [0.29, 0.717) is 18.4 Å². The van der Waals surface area contributed by atoms with Crippen molar-refractivity contribution in [3.8, 4) is 17.3 Å². The molecule has 2 fully saturated rings. The molecule has 3 heterocycles. The largest absolute Gasteiger partial charge is 0.298 e. The standard InChI is InChI=1S/C24H25N5/c1-18-3-5-21(6-4-18)24-13-22(24)16-28(17-24)14-20-15-29(12-2-9-25)27-23(20)19-7-10-26-11-8-19/h3-8,10-11,15,22H,2,12-14,16-17H2,1H3. The number of likely N-dealkylation sites (tertiary alicyclic amines) is 1. The van der Waals surface area contributed by atoms with Crippen LogP contribution in [-0.2, 0) is 18.5 Å². The van der Waals surface area contributed by atoms with E-state index < -0.39 is 0 Å². The number of piperidine rings is 1. The molecule has 1 saturated carbocycles. The fraction of sp³-hybridized carbons (Fsp3) is 0.375. The van der Waals surface area contributed by atoms with Gasteiger partial charge in [0.15, 0.2) is 0 Å². The monoisotopic (exact) mass is 383 g/mol. The lowest BCUT2D eigenvalue weighted by Crippen LogP contribution is -2.26. The summed E-state index contributed by atoms with van der Waals surface area (Å²) in [5.74, 6) is 0.767. The predicted octanol–water partition coefficient (Wildman–Crippen LogP) is 3.94. The highest BCUT2D eigenvalue weighted by atomic mass is 15.3. The molecule has 0 radical (unpaired) electrons. The first kappa shape index (κ1) is 18.1. The second-order valence-corrected chi connectivity index (χ2v) is 8.50. The Bertz CT molecular complexity index is 1050. The number of hydrogen-bond donors (Lipinski definition) is 0. The van der Waals surface area contributed by atoms with Crippen molar-refractivity contribution >= 4 is 0 Å². The van der Waals surface area contributed by atoms with Gasteiger partial charge in [-0.3, -0.25) is 14.6 Å². The molecule has 5 rings (SSSR count). The lowest BCUT2D eigenvalue weighted by molar-refractivity contribution is 0.290. The molecule has 1 aromatic carbocycles. The summed E-state index contributed by atoms with van der Waals surface area (Å²) in [6.07, 6.45) is 7.52. The van der Waals surface area contributed by atoms with Crippen molar-refractivity contribution in [3.05, 3.63) is 71.7 Å². The zero-order valence-corrected chi connectivity index (χ0v) is 16.8. The molecule has 29 heavy (non-hydrogen) atoms. The van der Waals surface area contributed by atoms with Crippen molar-refractivity contribution in [2.75, 3.05) is 13.1 Å². The number of rotatable bonds is 6. The number of nitriles is 1. The molecule has 1 aliphatic carbocycles. The zero-order valence-electron chi connectivity index (χ0n) is 16.8. The first-order valence-corrected chi connectivity index (χ1v) is 10.3. The molecular formula is C24H25N5. The summed E-state index contributed by atoms with van der Waals surface area (Å²) in [7, 11) is 0. The molecule has 2 aromatic heterocycles. The van der Waals surface area contributed by atoms with Crippen molar-refractivity contribution < 1.29 is 0 Å². The fourth-order valence-corrected chi connectivity index (χ4v) is 4.89. The van der Waals surface area contributed by atoms with Crippen molar-refractivity contribution in [2.24, 2.45) is 5.92 Å². The van der Waals surface area contributed by atoms with E-state index in [1.54, 1.807) is 0 Å². The Morgan fingerprint density at radius 3 is 2.72 bits per heavy atom. The first-order chi connectivity index (χ1) is 14.2. The number of aryl methyl sites for hydroxylation is 2. The number of fused-ring (bicyclic) bond motifs is 1. The van der Waals surface area contributed by atoms with Gasteiger partial charge in [-0.2, -0.15) is 10.4 Å². The molecule has 2 aliphatic rings. The van der Waals surface area contributed by atoms with Gasteiger partial charge >= 0.3 is 0 Å². The number of benzene rings is 1. The third-order valence-electron chi connectivity index (χ3n) is 6.48. The van der Waals surface area contributed by atoms with Crippen LogP contribution < -0.4 is 0 Å². The highest BCUT2D eigenvalue weighted by Gasteiger charge is 2.60. The van der Waals surface area contributed by atoms with E-state index in [1.807, 2.05) is 29.2 Å². The average molecular weight is 383 g/mol. The van der Waals surface area contributed by atoms with E-state index in [9.17, 15) is 0 Å². The maximum atomic E-state index is 8.93. The molecule has 3 aromatic rings. The van der Waals surface area contributed by atoms with Gasteiger partial charge in [0.05, 0.1) is 24.7 Å². The lowest BCUT2D eigenvalue weighted by atomic mass is 9.94. The van der Waals surface area contributed by atoms with E-state index >= 15 is 0 Å². The Morgan fingerprint density at radius 1 is 1.17 bits per heavy atom. The summed E-state index contributed by atoms with van der Waals surface area (Å²) >= 11 is 0. The minimum absolute atomic E-state index is 0.349. The SMILES string of the molecule is Cc1ccc(C23CC2CN(Cc2cn(CCC#N)nc2-c2ccncc2)C3)cc1. The first-order valence-electron chi connectivity index (χ1n) is 10.3. The summed E-state index contributed by atoms with van der Waals surface area (Å²) in [5.41, 5.74) is 6.49. The number of aromatic nitrogens is 3. The molecule has 0 amide bonds. The van der Waals surface area contributed by atoms with Crippen molar-refractivity contribution in [3.63, 3.8) is 0 Å². The minimum atomic E-state index is 0.349. The molecule has 146 valence electrons. The molecule has 1 aliphatic heterocycles. The highest BCUT2D eigenvalue weighted by Crippen LogP contribution is 2.59. The van der Waals surface area contributed by atoms with Crippen molar-refractivity contribution in [1.82, 2.24) is 19.7 Å². The van der Waals surface area contributed by atoms with Crippen LogP contribution >= 0.6 is 0 Å². The van der Waals surface area contributed by atoms with Gasteiger partial charge in [0.25, 0.3) is 0 Å². The third-order valence-corrected chi connectivity index (χ3v) is 6.48. The van der Waals surface area contributed by atoms with Gasteiger partial charge in [0.1, 0.15) is 0 Å².